The number of benzene rings is 2. The van der Waals surface area contributed by atoms with Crippen LogP contribution in [0.25, 0.3) is 11.3 Å². The lowest BCUT2D eigenvalue weighted by atomic mass is 9.94. The van der Waals surface area contributed by atoms with Crippen LogP contribution in [-0.4, -0.2) is 17.7 Å². The Balaban J connectivity index is 2.14. The van der Waals surface area contributed by atoms with Crippen LogP contribution in [0.2, 0.25) is 0 Å². The second-order valence-corrected chi connectivity index (χ2v) is 6.81. The zero-order chi connectivity index (χ0) is 22.4. The minimum Gasteiger partial charge on any atom is -0.450 e. The average molecular weight is 430 g/mol. The van der Waals surface area contributed by atoms with Crippen molar-refractivity contribution in [1.29, 1.82) is 0 Å². The summed E-state index contributed by atoms with van der Waals surface area (Å²) in [6.45, 7) is 1.62. The van der Waals surface area contributed by atoms with Gasteiger partial charge in [-0.05, 0) is 30.5 Å². The van der Waals surface area contributed by atoms with Gasteiger partial charge in [-0.15, -0.1) is 0 Å². The second kappa shape index (κ2) is 9.51. The van der Waals surface area contributed by atoms with Crippen molar-refractivity contribution in [2.45, 2.75) is 25.6 Å². The number of alkyl halides is 3. The van der Waals surface area contributed by atoms with E-state index in [0.717, 1.165) is 6.07 Å². The molecule has 0 bridgehead atoms. The van der Waals surface area contributed by atoms with E-state index in [2.05, 4.69) is 10.3 Å². The Morgan fingerprint density at radius 3 is 2.26 bits per heavy atom. The average Bonchev–Trinajstić information content (AvgIpc) is 2.73. The maximum absolute atomic E-state index is 14.0. The van der Waals surface area contributed by atoms with Gasteiger partial charge in [-0.2, -0.15) is 13.2 Å². The quantitative estimate of drug-likeness (QED) is 0.572. The third kappa shape index (κ3) is 5.53. The highest BCUT2D eigenvalue weighted by Gasteiger charge is 2.38. The molecular weight excluding hydrogens is 409 g/mol. The largest absolute Gasteiger partial charge is 0.450 e. The van der Waals surface area contributed by atoms with Crippen LogP contribution >= 0.6 is 0 Å². The maximum Gasteiger partial charge on any atom is 0.417 e. The van der Waals surface area contributed by atoms with E-state index in [4.69, 9.17) is 4.74 Å². The number of halogens is 3. The van der Waals surface area contributed by atoms with Gasteiger partial charge in [0.15, 0.2) is 0 Å². The molecule has 1 aromatic heterocycles. The Bertz CT molecular complexity index is 1080. The van der Waals surface area contributed by atoms with E-state index < -0.39 is 35.0 Å². The smallest absolute Gasteiger partial charge is 0.417 e. The van der Waals surface area contributed by atoms with Crippen LogP contribution in [0.1, 0.15) is 29.7 Å². The van der Waals surface area contributed by atoms with E-state index in [1.165, 1.54) is 0 Å². The molecule has 0 aliphatic carbocycles. The molecule has 2 N–H and O–H groups in total. The first-order valence-corrected chi connectivity index (χ1v) is 9.66. The fourth-order valence-corrected chi connectivity index (χ4v) is 3.31. The minimum atomic E-state index is -4.81. The predicted octanol–water partition coefficient (Wildman–Crippen LogP) is 5.09. The van der Waals surface area contributed by atoms with Crippen LogP contribution in [-0.2, 0) is 17.3 Å². The van der Waals surface area contributed by atoms with Crippen LogP contribution in [0.3, 0.4) is 0 Å². The molecule has 0 radical (unpaired) electrons. The zero-order valence-corrected chi connectivity index (χ0v) is 16.7. The van der Waals surface area contributed by atoms with Crippen LogP contribution in [0.4, 0.5) is 18.0 Å². The van der Waals surface area contributed by atoms with Crippen LogP contribution < -0.4 is 10.9 Å². The molecule has 0 saturated carbocycles. The SMILES string of the molecule is CCOC(=O)NC(Cc1ccccc1)c1c(C(F)(F)F)cc(-c2ccccc2)[nH]c1=O. The lowest BCUT2D eigenvalue weighted by Crippen LogP contribution is -2.36. The van der Waals surface area contributed by atoms with Crippen molar-refractivity contribution in [2.75, 3.05) is 6.61 Å². The van der Waals surface area contributed by atoms with Gasteiger partial charge in [0.1, 0.15) is 0 Å². The number of hydrogen-bond acceptors (Lipinski definition) is 3. The van der Waals surface area contributed by atoms with Gasteiger partial charge >= 0.3 is 12.3 Å². The molecule has 1 unspecified atom stereocenters. The summed E-state index contributed by atoms with van der Waals surface area (Å²) in [6, 6.07) is 16.5. The molecule has 0 fully saturated rings. The minimum absolute atomic E-state index is 0.0174. The van der Waals surface area contributed by atoms with Gasteiger partial charge in [0.2, 0.25) is 0 Å². The molecule has 31 heavy (non-hydrogen) atoms. The monoisotopic (exact) mass is 430 g/mol. The number of amides is 1. The summed E-state index contributed by atoms with van der Waals surface area (Å²) in [5.41, 5.74) is -1.46. The maximum atomic E-state index is 14.0. The van der Waals surface area contributed by atoms with E-state index >= 15 is 0 Å². The molecule has 3 aromatic rings. The summed E-state index contributed by atoms with van der Waals surface area (Å²) in [5.74, 6) is 0. The third-order valence-corrected chi connectivity index (χ3v) is 4.66. The van der Waals surface area contributed by atoms with Gasteiger partial charge in [-0.3, -0.25) is 4.79 Å². The number of carbonyl (C=O) groups excluding carboxylic acids is 1. The van der Waals surface area contributed by atoms with Crippen molar-refractivity contribution in [3.05, 3.63) is 93.8 Å². The summed E-state index contributed by atoms with van der Waals surface area (Å²) >= 11 is 0. The molecule has 0 aliphatic rings. The molecule has 2 aromatic carbocycles. The highest BCUT2D eigenvalue weighted by molar-refractivity contribution is 5.68. The summed E-state index contributed by atoms with van der Waals surface area (Å²) in [7, 11) is 0. The Hall–Kier alpha value is -3.55. The predicted molar refractivity (Wildman–Crippen MR) is 111 cm³/mol. The van der Waals surface area contributed by atoms with E-state index in [1.807, 2.05) is 0 Å². The Labute approximate surface area is 176 Å². The lowest BCUT2D eigenvalue weighted by molar-refractivity contribution is -0.138. The number of alkyl carbamates (subject to hydrolysis) is 1. The number of aromatic amines is 1. The fraction of sp³-hybridized carbons (Fsp3) is 0.217. The number of H-pyrrole nitrogens is 1. The van der Waals surface area contributed by atoms with E-state index in [-0.39, 0.29) is 18.7 Å². The summed E-state index contributed by atoms with van der Waals surface area (Å²) in [4.78, 5) is 27.5. The Kier molecular flexibility index (Phi) is 6.79. The number of hydrogen-bond donors (Lipinski definition) is 2. The molecular formula is C23H21F3N2O3. The fourth-order valence-electron chi connectivity index (χ4n) is 3.31. The van der Waals surface area contributed by atoms with Crippen molar-refractivity contribution < 1.29 is 22.7 Å². The highest BCUT2D eigenvalue weighted by Crippen LogP contribution is 2.35. The number of nitrogens with one attached hydrogen (secondary N) is 2. The van der Waals surface area contributed by atoms with Crippen molar-refractivity contribution in [3.63, 3.8) is 0 Å². The normalized spacial score (nSPS) is 12.3. The van der Waals surface area contributed by atoms with Gasteiger partial charge in [-0.25, -0.2) is 4.79 Å². The molecule has 0 aliphatic heterocycles. The number of pyridine rings is 1. The first-order valence-electron chi connectivity index (χ1n) is 9.66. The first-order chi connectivity index (χ1) is 14.8. The lowest BCUT2D eigenvalue weighted by Gasteiger charge is -2.23. The topological polar surface area (TPSA) is 71.2 Å². The summed E-state index contributed by atoms with van der Waals surface area (Å²) in [6.07, 6.45) is -5.72. The summed E-state index contributed by atoms with van der Waals surface area (Å²) in [5, 5.41) is 2.41. The van der Waals surface area contributed by atoms with Gasteiger partial charge in [0.05, 0.1) is 23.8 Å². The highest BCUT2D eigenvalue weighted by atomic mass is 19.4. The number of ether oxygens (including phenoxy) is 1. The van der Waals surface area contributed by atoms with Gasteiger partial charge in [0.25, 0.3) is 5.56 Å². The first kappa shape index (κ1) is 22.1. The number of aromatic nitrogens is 1. The van der Waals surface area contributed by atoms with Gasteiger partial charge < -0.3 is 15.0 Å². The molecule has 8 heteroatoms. The van der Waals surface area contributed by atoms with Crippen molar-refractivity contribution in [1.82, 2.24) is 10.3 Å². The third-order valence-electron chi connectivity index (χ3n) is 4.66. The molecule has 1 heterocycles. The van der Waals surface area contributed by atoms with Gasteiger partial charge in [-0.1, -0.05) is 60.7 Å². The number of carbonyl (C=O) groups is 1. The van der Waals surface area contributed by atoms with Crippen molar-refractivity contribution >= 4 is 6.09 Å². The second-order valence-electron chi connectivity index (χ2n) is 6.81. The standard InChI is InChI=1S/C23H21F3N2O3/c1-2-31-22(30)28-19(13-15-9-5-3-6-10-15)20-17(23(24,25)26)14-18(27-21(20)29)16-11-7-4-8-12-16/h3-12,14,19H,2,13H2,1H3,(H,27,29)(H,28,30). The van der Waals surface area contributed by atoms with Crippen molar-refractivity contribution in [3.8, 4) is 11.3 Å². The molecule has 3 rings (SSSR count). The van der Waals surface area contributed by atoms with Crippen LogP contribution in [0.5, 0.6) is 0 Å². The molecule has 162 valence electrons. The zero-order valence-electron chi connectivity index (χ0n) is 16.7. The van der Waals surface area contributed by atoms with E-state index in [9.17, 15) is 22.8 Å². The Morgan fingerprint density at radius 1 is 1.06 bits per heavy atom. The molecule has 5 nitrogen and oxygen atoms in total. The molecule has 0 saturated heterocycles. The number of rotatable bonds is 6. The Morgan fingerprint density at radius 2 is 1.68 bits per heavy atom. The van der Waals surface area contributed by atoms with Gasteiger partial charge in [0, 0.05) is 5.69 Å². The van der Waals surface area contributed by atoms with Crippen LogP contribution in [0, 0.1) is 0 Å². The van der Waals surface area contributed by atoms with Crippen molar-refractivity contribution in [2.24, 2.45) is 0 Å². The molecule has 0 spiro atoms. The molecule has 1 atom stereocenters. The van der Waals surface area contributed by atoms with E-state index in [0.29, 0.717) is 11.1 Å². The summed E-state index contributed by atoms with van der Waals surface area (Å²) < 4.78 is 46.9. The molecule has 1 amide bonds. The van der Waals surface area contributed by atoms with Crippen LogP contribution in [0.15, 0.2) is 71.5 Å². The van der Waals surface area contributed by atoms with E-state index in [1.54, 1.807) is 67.6 Å².